The van der Waals surface area contributed by atoms with Gasteiger partial charge >= 0.3 is 6.18 Å². The molecule has 8 heteroatoms. The molecule has 2 rings (SSSR count). The minimum absolute atomic E-state index is 0.294. The van der Waals surface area contributed by atoms with Crippen LogP contribution >= 0.6 is 11.3 Å². The normalized spacial score (nSPS) is 17.6. The number of hydrogen-bond acceptors (Lipinski definition) is 5. The van der Waals surface area contributed by atoms with Crippen LogP contribution in [0.25, 0.3) is 0 Å². The van der Waals surface area contributed by atoms with Crippen LogP contribution < -0.4 is 4.90 Å². The number of nitrogens with zero attached hydrogens (tertiary/aromatic N) is 3. The molecular formula is C12H18F3N3OS. The van der Waals surface area contributed by atoms with Gasteiger partial charge in [-0.25, -0.2) is 4.98 Å². The molecule has 0 saturated heterocycles. The van der Waals surface area contributed by atoms with Crippen LogP contribution in [0.2, 0.25) is 0 Å². The number of halogens is 3. The van der Waals surface area contributed by atoms with E-state index in [0.717, 1.165) is 10.8 Å². The van der Waals surface area contributed by atoms with Crippen molar-refractivity contribution in [2.45, 2.75) is 37.7 Å². The van der Waals surface area contributed by atoms with Gasteiger partial charge in [-0.2, -0.15) is 13.2 Å². The van der Waals surface area contributed by atoms with Crippen molar-refractivity contribution in [1.82, 2.24) is 9.88 Å². The molecule has 1 fully saturated rings. The van der Waals surface area contributed by atoms with Crippen molar-refractivity contribution in [3.05, 3.63) is 11.1 Å². The number of anilines is 1. The number of thiazole rings is 1. The lowest BCUT2D eigenvalue weighted by Gasteiger charge is -2.21. The lowest BCUT2D eigenvalue weighted by molar-refractivity contribution is -0.207. The van der Waals surface area contributed by atoms with Gasteiger partial charge in [0.05, 0.1) is 5.69 Å². The quantitative estimate of drug-likeness (QED) is 0.873. The van der Waals surface area contributed by atoms with Gasteiger partial charge in [-0.1, -0.05) is 0 Å². The van der Waals surface area contributed by atoms with Crippen molar-refractivity contribution in [2.75, 3.05) is 25.5 Å². The second-order valence-corrected chi connectivity index (χ2v) is 6.05. The minimum atomic E-state index is -4.58. The van der Waals surface area contributed by atoms with Crippen molar-refractivity contribution in [2.24, 2.45) is 0 Å². The fraction of sp³-hybridized carbons (Fsp3) is 0.750. The average molecular weight is 309 g/mol. The third-order valence-corrected chi connectivity index (χ3v) is 4.21. The summed E-state index contributed by atoms with van der Waals surface area (Å²) >= 11 is 1.50. The zero-order chi connectivity index (χ0) is 14.9. The summed E-state index contributed by atoms with van der Waals surface area (Å²) in [5.41, 5.74) is 0.731. The van der Waals surface area contributed by atoms with Gasteiger partial charge in [0.15, 0.2) is 11.2 Å². The Morgan fingerprint density at radius 1 is 1.45 bits per heavy atom. The first kappa shape index (κ1) is 15.5. The summed E-state index contributed by atoms with van der Waals surface area (Å²) in [4.78, 5) is 7.96. The van der Waals surface area contributed by atoms with Crippen LogP contribution in [-0.2, 0) is 6.54 Å². The summed E-state index contributed by atoms with van der Waals surface area (Å²) in [6.07, 6.45) is -4.56. The molecule has 0 aromatic carbocycles. The summed E-state index contributed by atoms with van der Waals surface area (Å²) < 4.78 is 36.8. The molecule has 0 radical (unpaired) electrons. The van der Waals surface area contributed by atoms with Crippen LogP contribution in [0.4, 0.5) is 18.3 Å². The molecular weight excluding hydrogens is 291 g/mol. The number of rotatable bonds is 6. The van der Waals surface area contributed by atoms with Gasteiger partial charge in [-0.15, -0.1) is 11.3 Å². The highest BCUT2D eigenvalue weighted by Gasteiger charge is 2.38. The molecule has 114 valence electrons. The van der Waals surface area contributed by atoms with Crippen LogP contribution in [0.15, 0.2) is 5.38 Å². The molecule has 0 amide bonds. The largest absolute Gasteiger partial charge is 0.415 e. The van der Waals surface area contributed by atoms with E-state index in [1.165, 1.54) is 29.1 Å². The lowest BCUT2D eigenvalue weighted by atomic mass is 10.3. The third-order valence-electron chi connectivity index (χ3n) is 3.23. The minimum Gasteiger partial charge on any atom is -0.382 e. The van der Waals surface area contributed by atoms with Gasteiger partial charge in [-0.3, -0.25) is 4.90 Å². The fourth-order valence-corrected chi connectivity index (χ4v) is 2.74. The van der Waals surface area contributed by atoms with E-state index in [2.05, 4.69) is 9.88 Å². The molecule has 1 N–H and O–H groups in total. The smallest absolute Gasteiger partial charge is 0.382 e. The monoisotopic (exact) mass is 309 g/mol. The maximum absolute atomic E-state index is 12.3. The Hall–Kier alpha value is -0.860. The molecule has 20 heavy (non-hydrogen) atoms. The standard InChI is InChI=1S/C12H18F3N3OS/c1-17(6-10(19)12(13,14)15)5-8-7-20-11(16-8)18(2)9-3-4-9/h7,9-10,19H,3-6H2,1-2H3. The van der Waals surface area contributed by atoms with Crippen molar-refractivity contribution in [3.63, 3.8) is 0 Å². The molecule has 1 heterocycles. The summed E-state index contributed by atoms with van der Waals surface area (Å²) in [6, 6.07) is 0.554. The van der Waals surface area contributed by atoms with Crippen molar-refractivity contribution >= 4 is 16.5 Å². The first-order chi connectivity index (χ1) is 9.27. The number of aliphatic hydroxyl groups is 1. The van der Waals surface area contributed by atoms with E-state index in [1.807, 2.05) is 12.4 Å². The molecule has 1 aliphatic rings. The Labute approximate surface area is 119 Å². The molecule has 1 aliphatic carbocycles. The summed E-state index contributed by atoms with van der Waals surface area (Å²) in [5.74, 6) is 0. The number of likely N-dealkylation sites (N-methyl/N-ethyl adjacent to an activating group) is 1. The van der Waals surface area contributed by atoms with Crippen molar-refractivity contribution in [1.29, 1.82) is 0 Å². The van der Waals surface area contributed by atoms with Crippen molar-refractivity contribution in [3.8, 4) is 0 Å². The summed E-state index contributed by atoms with van der Waals surface area (Å²) in [6.45, 7) is -0.156. The molecule has 4 nitrogen and oxygen atoms in total. The molecule has 0 aliphatic heterocycles. The predicted molar refractivity (Wildman–Crippen MR) is 71.9 cm³/mol. The maximum atomic E-state index is 12.3. The van der Waals surface area contributed by atoms with Crippen LogP contribution in [0.3, 0.4) is 0 Å². The third kappa shape index (κ3) is 4.07. The van der Waals surface area contributed by atoms with Gasteiger partial charge in [0, 0.05) is 31.6 Å². The number of aromatic nitrogens is 1. The van der Waals surface area contributed by atoms with Gasteiger partial charge in [0.2, 0.25) is 0 Å². The number of hydrogen-bond donors (Lipinski definition) is 1. The molecule has 1 aromatic heterocycles. The lowest BCUT2D eigenvalue weighted by Crippen LogP contribution is -2.39. The first-order valence-electron chi connectivity index (χ1n) is 6.38. The molecule has 1 saturated carbocycles. The zero-order valence-corrected chi connectivity index (χ0v) is 12.2. The van der Waals surface area contributed by atoms with Crippen LogP contribution in [0.5, 0.6) is 0 Å². The van der Waals surface area contributed by atoms with Crippen molar-refractivity contribution < 1.29 is 18.3 Å². The van der Waals surface area contributed by atoms with E-state index in [-0.39, 0.29) is 0 Å². The van der Waals surface area contributed by atoms with Crippen LogP contribution in [-0.4, -0.2) is 54.0 Å². The van der Waals surface area contributed by atoms with Crippen LogP contribution in [0, 0.1) is 0 Å². The fourth-order valence-electron chi connectivity index (χ4n) is 1.89. The Kier molecular flexibility index (Phi) is 4.55. The van der Waals surface area contributed by atoms with Gasteiger partial charge in [0.1, 0.15) is 0 Å². The zero-order valence-electron chi connectivity index (χ0n) is 11.4. The Bertz CT molecular complexity index is 447. The van der Waals surface area contributed by atoms with E-state index >= 15 is 0 Å². The maximum Gasteiger partial charge on any atom is 0.415 e. The molecule has 0 spiro atoms. The average Bonchev–Trinajstić information content (AvgIpc) is 3.08. The van der Waals surface area contributed by atoms with E-state index in [1.54, 1.807) is 7.05 Å². The first-order valence-corrected chi connectivity index (χ1v) is 7.26. The second-order valence-electron chi connectivity index (χ2n) is 5.22. The van der Waals surface area contributed by atoms with Gasteiger partial charge in [0.25, 0.3) is 0 Å². The van der Waals surface area contributed by atoms with Crippen LogP contribution in [0.1, 0.15) is 18.5 Å². The SMILES string of the molecule is CN(Cc1csc(N(C)C2CC2)n1)CC(O)C(F)(F)F. The highest BCUT2D eigenvalue weighted by molar-refractivity contribution is 7.13. The van der Waals surface area contributed by atoms with Gasteiger partial charge in [-0.05, 0) is 19.9 Å². The number of alkyl halides is 3. The molecule has 0 bridgehead atoms. The van der Waals surface area contributed by atoms with E-state index in [0.29, 0.717) is 12.6 Å². The number of aliphatic hydroxyl groups excluding tert-OH is 1. The Balaban J connectivity index is 1.86. The van der Waals surface area contributed by atoms with E-state index in [9.17, 15) is 13.2 Å². The molecule has 1 aromatic rings. The van der Waals surface area contributed by atoms with Gasteiger partial charge < -0.3 is 10.0 Å². The van der Waals surface area contributed by atoms with E-state index in [4.69, 9.17) is 5.11 Å². The summed E-state index contributed by atoms with van der Waals surface area (Å²) in [7, 11) is 3.52. The highest BCUT2D eigenvalue weighted by atomic mass is 32.1. The van der Waals surface area contributed by atoms with E-state index < -0.39 is 18.8 Å². The highest BCUT2D eigenvalue weighted by Crippen LogP contribution is 2.32. The topological polar surface area (TPSA) is 39.6 Å². The Morgan fingerprint density at radius 2 is 2.10 bits per heavy atom. The molecule has 1 atom stereocenters. The predicted octanol–water partition coefficient (Wildman–Crippen LogP) is 2.10. The summed E-state index contributed by atoms with van der Waals surface area (Å²) in [5, 5.41) is 11.8. The molecule has 1 unspecified atom stereocenters. The Morgan fingerprint density at radius 3 is 2.65 bits per heavy atom. The second kappa shape index (κ2) is 5.87.